The number of aliphatic carboxylic acids is 1. The minimum absolute atomic E-state index is 0.186. The van der Waals surface area contributed by atoms with Crippen LogP contribution in [0.3, 0.4) is 0 Å². The van der Waals surface area contributed by atoms with E-state index in [1.165, 1.54) is 5.56 Å². The Hall–Kier alpha value is -1.71. The zero-order valence-corrected chi connectivity index (χ0v) is 13.7. The summed E-state index contributed by atoms with van der Waals surface area (Å²) in [5.41, 5.74) is 1.19. The highest BCUT2D eigenvalue weighted by Crippen LogP contribution is 2.41. The van der Waals surface area contributed by atoms with Gasteiger partial charge in [-0.3, -0.25) is 4.79 Å². The summed E-state index contributed by atoms with van der Waals surface area (Å²) in [6.07, 6.45) is 3.30. The molecule has 0 amide bonds. The van der Waals surface area contributed by atoms with Crippen LogP contribution in [0, 0.1) is 11.8 Å². The molecule has 1 fully saturated rings. The predicted octanol–water partition coefficient (Wildman–Crippen LogP) is 4.09. The van der Waals surface area contributed by atoms with Crippen molar-refractivity contribution in [2.24, 2.45) is 11.8 Å². The van der Waals surface area contributed by atoms with Gasteiger partial charge >= 0.3 is 5.97 Å². The molecule has 4 heteroatoms. The summed E-state index contributed by atoms with van der Waals surface area (Å²) in [6, 6.07) is 5.97. The highest BCUT2D eigenvalue weighted by Gasteiger charge is 2.28. The minimum Gasteiger partial charge on any atom is -0.497 e. The Labute approximate surface area is 132 Å². The van der Waals surface area contributed by atoms with Gasteiger partial charge in [-0.1, -0.05) is 19.9 Å². The van der Waals surface area contributed by atoms with Crippen LogP contribution in [-0.2, 0) is 4.79 Å². The maximum atomic E-state index is 11.1. The molecule has 0 radical (unpaired) electrons. The molecule has 0 atom stereocenters. The molecule has 1 aromatic carbocycles. The molecule has 4 nitrogen and oxygen atoms in total. The van der Waals surface area contributed by atoms with Crippen LogP contribution >= 0.6 is 0 Å². The van der Waals surface area contributed by atoms with Crippen molar-refractivity contribution in [2.75, 3.05) is 13.7 Å². The molecule has 122 valence electrons. The first-order valence-corrected chi connectivity index (χ1v) is 8.04. The third kappa shape index (κ3) is 4.15. The van der Waals surface area contributed by atoms with Gasteiger partial charge in [0, 0.05) is 6.07 Å². The van der Waals surface area contributed by atoms with E-state index in [0.29, 0.717) is 18.4 Å². The summed E-state index contributed by atoms with van der Waals surface area (Å²) in [6.45, 7) is 4.92. The second-order valence-electron chi connectivity index (χ2n) is 6.50. The topological polar surface area (TPSA) is 55.8 Å². The maximum Gasteiger partial charge on any atom is 0.306 e. The number of carboxylic acid groups (broad SMARTS) is 1. The Kier molecular flexibility index (Phi) is 5.69. The molecular weight excluding hydrogens is 280 g/mol. The Balaban J connectivity index is 2.13. The summed E-state index contributed by atoms with van der Waals surface area (Å²) in [4.78, 5) is 11.1. The first-order valence-electron chi connectivity index (χ1n) is 8.04. The average Bonchev–Trinajstić information content (AvgIpc) is 2.52. The van der Waals surface area contributed by atoms with Gasteiger partial charge in [0.15, 0.2) is 0 Å². The Morgan fingerprint density at radius 1 is 1.27 bits per heavy atom. The first kappa shape index (κ1) is 16.7. The van der Waals surface area contributed by atoms with Crippen LogP contribution < -0.4 is 9.47 Å². The SMILES string of the molecule is COc1ccc(C2CCC(C(=O)O)CC2)c(OCC(C)C)c1. The quantitative estimate of drug-likeness (QED) is 0.860. The van der Waals surface area contributed by atoms with E-state index in [2.05, 4.69) is 19.9 Å². The molecule has 2 rings (SSSR count). The van der Waals surface area contributed by atoms with Gasteiger partial charge in [0.2, 0.25) is 0 Å². The van der Waals surface area contributed by atoms with Gasteiger partial charge < -0.3 is 14.6 Å². The largest absolute Gasteiger partial charge is 0.497 e. The van der Waals surface area contributed by atoms with Crippen LogP contribution in [0.5, 0.6) is 11.5 Å². The molecular formula is C18H26O4. The van der Waals surface area contributed by atoms with Crippen molar-refractivity contribution in [1.29, 1.82) is 0 Å². The molecule has 0 spiro atoms. The van der Waals surface area contributed by atoms with Crippen molar-refractivity contribution in [3.8, 4) is 11.5 Å². The summed E-state index contributed by atoms with van der Waals surface area (Å²) in [7, 11) is 1.65. The fourth-order valence-electron chi connectivity index (χ4n) is 3.01. The summed E-state index contributed by atoms with van der Waals surface area (Å²) < 4.78 is 11.3. The van der Waals surface area contributed by atoms with Crippen molar-refractivity contribution < 1.29 is 19.4 Å². The predicted molar refractivity (Wildman–Crippen MR) is 85.7 cm³/mol. The maximum absolute atomic E-state index is 11.1. The number of ether oxygens (including phenoxy) is 2. The summed E-state index contributed by atoms with van der Waals surface area (Å²) >= 11 is 0. The molecule has 1 aliphatic rings. The number of hydrogen-bond acceptors (Lipinski definition) is 3. The van der Waals surface area contributed by atoms with E-state index in [1.54, 1.807) is 7.11 Å². The van der Waals surface area contributed by atoms with Crippen LogP contribution in [0.2, 0.25) is 0 Å². The molecule has 1 N–H and O–H groups in total. The van der Waals surface area contributed by atoms with Crippen molar-refractivity contribution in [3.63, 3.8) is 0 Å². The number of rotatable bonds is 6. The lowest BCUT2D eigenvalue weighted by atomic mass is 9.78. The van der Waals surface area contributed by atoms with E-state index in [4.69, 9.17) is 14.6 Å². The van der Waals surface area contributed by atoms with E-state index < -0.39 is 5.97 Å². The Bertz CT molecular complexity index is 502. The van der Waals surface area contributed by atoms with Gasteiger partial charge in [0.1, 0.15) is 11.5 Å². The van der Waals surface area contributed by atoms with Crippen molar-refractivity contribution in [1.82, 2.24) is 0 Å². The first-order chi connectivity index (χ1) is 10.5. The minimum atomic E-state index is -0.663. The fourth-order valence-corrected chi connectivity index (χ4v) is 3.01. The molecule has 0 aromatic heterocycles. The molecule has 1 aromatic rings. The third-order valence-corrected chi connectivity index (χ3v) is 4.31. The number of benzene rings is 1. The van der Waals surface area contributed by atoms with E-state index >= 15 is 0 Å². The van der Waals surface area contributed by atoms with Crippen LogP contribution in [-0.4, -0.2) is 24.8 Å². The zero-order valence-electron chi connectivity index (χ0n) is 13.7. The standard InChI is InChI=1S/C18H26O4/c1-12(2)11-22-17-10-15(21-3)8-9-16(17)13-4-6-14(7-5-13)18(19)20/h8-10,12-14H,4-7,11H2,1-3H3,(H,19,20). The Morgan fingerprint density at radius 3 is 2.50 bits per heavy atom. The van der Waals surface area contributed by atoms with Crippen LogP contribution in [0.1, 0.15) is 51.0 Å². The monoisotopic (exact) mass is 306 g/mol. The normalized spacial score (nSPS) is 21.6. The van der Waals surface area contributed by atoms with Gasteiger partial charge in [-0.2, -0.15) is 0 Å². The van der Waals surface area contributed by atoms with Crippen LogP contribution in [0.4, 0.5) is 0 Å². The van der Waals surface area contributed by atoms with Crippen LogP contribution in [0.25, 0.3) is 0 Å². The molecule has 1 aliphatic carbocycles. The van der Waals surface area contributed by atoms with E-state index in [0.717, 1.165) is 37.2 Å². The van der Waals surface area contributed by atoms with E-state index in [1.807, 2.05) is 12.1 Å². The molecule has 0 aliphatic heterocycles. The molecule has 0 heterocycles. The number of carboxylic acids is 1. The Morgan fingerprint density at radius 2 is 1.95 bits per heavy atom. The van der Waals surface area contributed by atoms with Gasteiger partial charge in [0.05, 0.1) is 19.6 Å². The molecule has 0 bridgehead atoms. The third-order valence-electron chi connectivity index (χ3n) is 4.31. The number of hydrogen-bond donors (Lipinski definition) is 1. The zero-order chi connectivity index (χ0) is 16.1. The van der Waals surface area contributed by atoms with Crippen molar-refractivity contribution >= 4 is 5.97 Å². The van der Waals surface area contributed by atoms with Gasteiger partial charge in [-0.15, -0.1) is 0 Å². The average molecular weight is 306 g/mol. The lowest BCUT2D eigenvalue weighted by molar-refractivity contribution is -0.142. The second kappa shape index (κ2) is 7.52. The van der Waals surface area contributed by atoms with Crippen molar-refractivity contribution in [2.45, 2.75) is 45.4 Å². The number of carbonyl (C=O) groups is 1. The van der Waals surface area contributed by atoms with Crippen LogP contribution in [0.15, 0.2) is 18.2 Å². The smallest absolute Gasteiger partial charge is 0.306 e. The van der Waals surface area contributed by atoms with Gasteiger partial charge in [0.25, 0.3) is 0 Å². The molecule has 0 saturated heterocycles. The van der Waals surface area contributed by atoms with Gasteiger partial charge in [-0.05, 0) is 49.1 Å². The molecule has 22 heavy (non-hydrogen) atoms. The fraction of sp³-hybridized carbons (Fsp3) is 0.611. The van der Waals surface area contributed by atoms with Crippen molar-refractivity contribution in [3.05, 3.63) is 23.8 Å². The number of methoxy groups -OCH3 is 1. The van der Waals surface area contributed by atoms with E-state index in [9.17, 15) is 4.79 Å². The van der Waals surface area contributed by atoms with Gasteiger partial charge in [-0.25, -0.2) is 0 Å². The molecule has 1 saturated carbocycles. The molecule has 0 unspecified atom stereocenters. The van der Waals surface area contributed by atoms with E-state index in [-0.39, 0.29) is 5.92 Å². The highest BCUT2D eigenvalue weighted by atomic mass is 16.5. The summed E-state index contributed by atoms with van der Waals surface area (Å²) in [5.74, 6) is 1.66. The second-order valence-corrected chi connectivity index (χ2v) is 6.50. The lowest BCUT2D eigenvalue weighted by Gasteiger charge is -2.28. The lowest BCUT2D eigenvalue weighted by Crippen LogP contribution is -2.21. The highest BCUT2D eigenvalue weighted by molar-refractivity contribution is 5.70. The summed E-state index contributed by atoms with van der Waals surface area (Å²) in [5, 5.41) is 9.12.